The zero-order chi connectivity index (χ0) is 17.3. The number of hydrogen-bond acceptors (Lipinski definition) is 5. The number of nitrogens with zero attached hydrogens (tertiary/aromatic N) is 3. The van der Waals surface area contributed by atoms with Gasteiger partial charge in [-0.25, -0.2) is 4.98 Å². The van der Waals surface area contributed by atoms with Gasteiger partial charge in [-0.15, -0.1) is 11.8 Å². The second-order valence-electron chi connectivity index (χ2n) is 5.75. The topological polar surface area (TPSA) is 66.7 Å². The Labute approximate surface area is 145 Å². The maximum Gasteiger partial charge on any atom is 0.291 e. The Hall–Kier alpha value is -2.02. The first-order valence-electron chi connectivity index (χ1n) is 8.09. The summed E-state index contributed by atoms with van der Waals surface area (Å²) >= 11 is 1.59. The minimum Gasteiger partial charge on any atom is -0.449 e. The molecule has 0 aliphatic carbocycles. The number of thioether (sulfide) groups is 1. The molecule has 0 spiro atoms. The second kappa shape index (κ2) is 6.84. The van der Waals surface area contributed by atoms with Crippen molar-refractivity contribution in [1.82, 2.24) is 14.8 Å². The van der Waals surface area contributed by atoms with Crippen LogP contribution in [0, 0.1) is 6.92 Å². The third kappa shape index (κ3) is 3.00. The molecule has 2 aromatic rings. The second-order valence-corrected chi connectivity index (χ2v) is 6.75. The van der Waals surface area contributed by atoms with E-state index in [1.807, 2.05) is 32.9 Å². The molecule has 0 saturated carbocycles. The van der Waals surface area contributed by atoms with Crippen LogP contribution in [0.1, 0.15) is 30.1 Å². The van der Waals surface area contributed by atoms with Gasteiger partial charge in [-0.1, -0.05) is 0 Å². The Balaban J connectivity index is 1.85. The van der Waals surface area contributed by atoms with Crippen LogP contribution in [0.5, 0.6) is 0 Å². The van der Waals surface area contributed by atoms with Crippen LogP contribution in [-0.2, 0) is 4.79 Å². The van der Waals surface area contributed by atoms with Gasteiger partial charge in [0.25, 0.3) is 5.91 Å². The van der Waals surface area contributed by atoms with E-state index in [-0.39, 0.29) is 17.6 Å². The van der Waals surface area contributed by atoms with Gasteiger partial charge in [0.05, 0.1) is 5.88 Å². The van der Waals surface area contributed by atoms with E-state index in [1.54, 1.807) is 27.6 Å². The lowest BCUT2D eigenvalue weighted by molar-refractivity contribution is -0.134. The molecule has 2 aromatic heterocycles. The Bertz CT molecular complexity index is 770. The van der Waals surface area contributed by atoms with Crippen LogP contribution < -0.4 is 0 Å². The van der Waals surface area contributed by atoms with Crippen LogP contribution in [0.15, 0.2) is 22.6 Å². The molecular formula is C17H21N3O3S. The summed E-state index contributed by atoms with van der Waals surface area (Å²) in [5.41, 5.74) is 2.12. The number of aryl methyl sites for hydroxylation is 1. The van der Waals surface area contributed by atoms with Gasteiger partial charge in [0.1, 0.15) is 11.6 Å². The molecule has 3 rings (SSSR count). The minimum atomic E-state index is -0.426. The van der Waals surface area contributed by atoms with Crippen molar-refractivity contribution in [1.29, 1.82) is 0 Å². The summed E-state index contributed by atoms with van der Waals surface area (Å²) in [5, 5.41) is 0. The first kappa shape index (κ1) is 16.8. The van der Waals surface area contributed by atoms with E-state index < -0.39 is 6.04 Å². The monoisotopic (exact) mass is 347 g/mol. The average molecular weight is 347 g/mol. The lowest BCUT2D eigenvalue weighted by Crippen LogP contribution is -2.48. The molecule has 7 heteroatoms. The highest BCUT2D eigenvalue weighted by Gasteiger charge is 2.38. The van der Waals surface area contributed by atoms with E-state index >= 15 is 0 Å². The van der Waals surface area contributed by atoms with Crippen LogP contribution in [0.4, 0.5) is 0 Å². The van der Waals surface area contributed by atoms with Crippen LogP contribution in [0.3, 0.4) is 0 Å². The van der Waals surface area contributed by atoms with E-state index in [0.29, 0.717) is 35.8 Å². The molecule has 3 heterocycles. The zero-order valence-corrected chi connectivity index (χ0v) is 14.9. The summed E-state index contributed by atoms with van der Waals surface area (Å²) in [4.78, 5) is 33.2. The van der Waals surface area contributed by atoms with E-state index in [4.69, 9.17) is 4.42 Å². The number of carbonyl (C=O) groups is 2. The third-order valence-corrected chi connectivity index (χ3v) is 5.24. The Morgan fingerprint density at radius 3 is 2.83 bits per heavy atom. The standard InChI is InChI=1S/C17H21N3O3S/c1-4-19(5-2)16(21)13-9-24-10-20(13)17(22)15-8-12-14(23-15)7-6-11(3)18-12/h6-8,13H,4-5,9-10H2,1-3H3/t13-/m0/s1. The van der Waals surface area contributed by atoms with Gasteiger partial charge in [0.15, 0.2) is 11.3 Å². The first-order chi connectivity index (χ1) is 11.5. The normalized spacial score (nSPS) is 17.5. The Morgan fingerprint density at radius 1 is 1.38 bits per heavy atom. The molecule has 24 heavy (non-hydrogen) atoms. The molecule has 1 saturated heterocycles. The maximum absolute atomic E-state index is 12.8. The SMILES string of the molecule is CCN(CC)C(=O)[C@@H]1CSCN1C(=O)c1cc2nc(C)ccc2o1. The molecule has 0 aromatic carbocycles. The van der Waals surface area contributed by atoms with Crippen molar-refractivity contribution in [3.05, 3.63) is 29.7 Å². The lowest BCUT2D eigenvalue weighted by Gasteiger charge is -2.27. The van der Waals surface area contributed by atoms with Crippen molar-refractivity contribution < 1.29 is 14.0 Å². The molecule has 1 atom stereocenters. The van der Waals surface area contributed by atoms with Crippen molar-refractivity contribution in [2.75, 3.05) is 24.7 Å². The number of likely N-dealkylation sites (N-methyl/N-ethyl adjacent to an activating group) is 1. The van der Waals surface area contributed by atoms with Crippen molar-refractivity contribution >= 4 is 34.7 Å². The molecule has 2 amide bonds. The summed E-state index contributed by atoms with van der Waals surface area (Å²) in [7, 11) is 0. The molecule has 0 bridgehead atoms. The van der Waals surface area contributed by atoms with Gasteiger partial charge in [-0.05, 0) is 32.9 Å². The number of furan rings is 1. The van der Waals surface area contributed by atoms with Gasteiger partial charge in [-0.2, -0.15) is 0 Å². The number of rotatable bonds is 4. The molecule has 0 unspecified atom stereocenters. The summed E-state index contributed by atoms with van der Waals surface area (Å²) in [6, 6.07) is 4.89. The van der Waals surface area contributed by atoms with Crippen LogP contribution in [0.25, 0.3) is 11.1 Å². The smallest absolute Gasteiger partial charge is 0.291 e. The summed E-state index contributed by atoms with van der Waals surface area (Å²) in [5.74, 6) is 1.12. The van der Waals surface area contributed by atoms with E-state index in [1.165, 1.54) is 0 Å². The molecule has 128 valence electrons. The quantitative estimate of drug-likeness (QED) is 0.850. The van der Waals surface area contributed by atoms with Crippen LogP contribution >= 0.6 is 11.8 Å². The van der Waals surface area contributed by atoms with E-state index in [9.17, 15) is 9.59 Å². The lowest BCUT2D eigenvalue weighted by atomic mass is 10.2. The van der Waals surface area contributed by atoms with E-state index in [0.717, 1.165) is 5.69 Å². The summed E-state index contributed by atoms with van der Waals surface area (Å²) < 4.78 is 5.65. The van der Waals surface area contributed by atoms with Crippen molar-refractivity contribution in [3.63, 3.8) is 0 Å². The fraction of sp³-hybridized carbons (Fsp3) is 0.471. The summed E-state index contributed by atoms with van der Waals surface area (Å²) in [6.45, 7) is 7.08. The number of aromatic nitrogens is 1. The third-order valence-electron chi connectivity index (χ3n) is 4.23. The van der Waals surface area contributed by atoms with Crippen molar-refractivity contribution in [2.24, 2.45) is 0 Å². The van der Waals surface area contributed by atoms with E-state index in [2.05, 4.69) is 4.98 Å². The van der Waals surface area contributed by atoms with Gasteiger partial charge in [0, 0.05) is 30.6 Å². The Morgan fingerprint density at radius 2 is 2.12 bits per heavy atom. The largest absolute Gasteiger partial charge is 0.449 e. The predicted molar refractivity (Wildman–Crippen MR) is 94.0 cm³/mol. The number of carbonyl (C=O) groups excluding carboxylic acids is 2. The number of hydrogen-bond donors (Lipinski definition) is 0. The van der Waals surface area contributed by atoms with Gasteiger partial charge < -0.3 is 14.2 Å². The van der Waals surface area contributed by atoms with Gasteiger partial charge in [0.2, 0.25) is 5.91 Å². The van der Waals surface area contributed by atoms with Gasteiger partial charge >= 0.3 is 0 Å². The predicted octanol–water partition coefficient (Wildman–Crippen LogP) is 2.52. The maximum atomic E-state index is 12.8. The highest BCUT2D eigenvalue weighted by Crippen LogP contribution is 2.26. The number of amides is 2. The van der Waals surface area contributed by atoms with Crippen molar-refractivity contribution in [3.8, 4) is 0 Å². The highest BCUT2D eigenvalue weighted by atomic mass is 32.2. The Kier molecular flexibility index (Phi) is 4.80. The molecule has 6 nitrogen and oxygen atoms in total. The fourth-order valence-corrected chi connectivity index (χ4v) is 4.01. The number of pyridine rings is 1. The molecular weight excluding hydrogens is 326 g/mol. The number of fused-ring (bicyclic) bond motifs is 1. The summed E-state index contributed by atoms with van der Waals surface area (Å²) in [6.07, 6.45) is 0. The molecule has 1 aliphatic rings. The highest BCUT2D eigenvalue weighted by molar-refractivity contribution is 7.99. The molecule has 0 radical (unpaired) electrons. The molecule has 0 N–H and O–H groups in total. The molecule has 1 fully saturated rings. The minimum absolute atomic E-state index is 0.00318. The van der Waals surface area contributed by atoms with Crippen LogP contribution in [0.2, 0.25) is 0 Å². The zero-order valence-electron chi connectivity index (χ0n) is 14.1. The average Bonchev–Trinajstić information content (AvgIpc) is 3.21. The first-order valence-corrected chi connectivity index (χ1v) is 9.25. The fourth-order valence-electron chi connectivity index (χ4n) is 2.87. The van der Waals surface area contributed by atoms with Gasteiger partial charge in [-0.3, -0.25) is 9.59 Å². The van der Waals surface area contributed by atoms with Crippen molar-refractivity contribution in [2.45, 2.75) is 26.8 Å². The van der Waals surface area contributed by atoms with Crippen LogP contribution in [-0.4, -0.2) is 57.4 Å². The molecule has 1 aliphatic heterocycles.